The number of carbonyl (C=O) groups excluding carboxylic acids is 1. The maximum absolute atomic E-state index is 12.2. The van der Waals surface area contributed by atoms with E-state index in [2.05, 4.69) is 20.6 Å². The molecule has 3 rings (SSSR count). The van der Waals surface area contributed by atoms with Crippen molar-refractivity contribution in [3.8, 4) is 11.4 Å². The first-order valence-electron chi connectivity index (χ1n) is 7.78. The zero-order valence-corrected chi connectivity index (χ0v) is 14.0. The summed E-state index contributed by atoms with van der Waals surface area (Å²) in [7, 11) is 3.74. The molecule has 1 N–H and O–H groups in total. The monoisotopic (exact) mass is 324 g/mol. The van der Waals surface area contributed by atoms with E-state index in [4.69, 9.17) is 0 Å². The van der Waals surface area contributed by atoms with E-state index in [9.17, 15) is 4.79 Å². The Morgan fingerprint density at radius 2 is 1.92 bits per heavy atom. The van der Waals surface area contributed by atoms with Crippen LogP contribution in [0.5, 0.6) is 0 Å². The Hall–Kier alpha value is -2.96. The largest absolute Gasteiger partial charge is 0.351 e. The Labute approximate surface area is 140 Å². The first kappa shape index (κ1) is 15.9. The second-order valence-electron chi connectivity index (χ2n) is 5.67. The number of carbonyl (C=O) groups is 1. The summed E-state index contributed by atoms with van der Waals surface area (Å²) >= 11 is 0. The van der Waals surface area contributed by atoms with Gasteiger partial charge in [-0.2, -0.15) is 5.10 Å². The van der Waals surface area contributed by atoms with Gasteiger partial charge in [-0.1, -0.05) is 30.3 Å². The highest BCUT2D eigenvalue weighted by atomic mass is 16.1. The minimum absolute atomic E-state index is 0.119. The highest BCUT2D eigenvalue weighted by Gasteiger charge is 2.13. The number of hydrogen-bond donors (Lipinski definition) is 1. The van der Waals surface area contributed by atoms with Crippen molar-refractivity contribution in [2.45, 2.75) is 13.3 Å². The van der Waals surface area contributed by atoms with E-state index in [0.29, 0.717) is 18.5 Å². The van der Waals surface area contributed by atoms with Crippen LogP contribution in [0.1, 0.15) is 21.9 Å². The lowest BCUT2D eigenvalue weighted by atomic mass is 10.2. The average Bonchev–Trinajstić information content (AvgIpc) is 3.10. The maximum Gasteiger partial charge on any atom is 0.254 e. The molecule has 0 radical (unpaired) electrons. The summed E-state index contributed by atoms with van der Waals surface area (Å²) in [4.78, 5) is 12.2. The third kappa shape index (κ3) is 3.19. The highest BCUT2D eigenvalue weighted by Crippen LogP contribution is 2.16. The van der Waals surface area contributed by atoms with Crippen molar-refractivity contribution in [3.63, 3.8) is 0 Å². The fourth-order valence-electron chi connectivity index (χ4n) is 2.62. The molecule has 7 nitrogen and oxygen atoms in total. The van der Waals surface area contributed by atoms with Gasteiger partial charge in [0.1, 0.15) is 5.82 Å². The SMILES string of the molecule is Cc1nn(C)cc1C(=O)NCCc1nnc(-c2ccccc2)n1C. The first-order valence-corrected chi connectivity index (χ1v) is 7.78. The summed E-state index contributed by atoms with van der Waals surface area (Å²) in [6.45, 7) is 2.32. The quantitative estimate of drug-likeness (QED) is 0.771. The number of benzene rings is 1. The molecular formula is C17H20N6O. The lowest BCUT2D eigenvalue weighted by molar-refractivity contribution is 0.0953. The fourth-order valence-corrected chi connectivity index (χ4v) is 2.62. The van der Waals surface area contributed by atoms with Gasteiger partial charge in [-0.3, -0.25) is 9.48 Å². The summed E-state index contributed by atoms with van der Waals surface area (Å²) in [6.07, 6.45) is 2.34. The van der Waals surface area contributed by atoms with Gasteiger partial charge in [-0.05, 0) is 6.92 Å². The average molecular weight is 324 g/mol. The maximum atomic E-state index is 12.2. The molecule has 2 aromatic heterocycles. The van der Waals surface area contributed by atoms with Crippen molar-refractivity contribution in [1.29, 1.82) is 0 Å². The van der Waals surface area contributed by atoms with E-state index in [0.717, 1.165) is 22.9 Å². The molecule has 0 atom stereocenters. The van der Waals surface area contributed by atoms with E-state index in [1.165, 1.54) is 0 Å². The summed E-state index contributed by atoms with van der Waals surface area (Å²) < 4.78 is 3.59. The predicted molar refractivity (Wildman–Crippen MR) is 90.4 cm³/mol. The topological polar surface area (TPSA) is 77.6 Å². The van der Waals surface area contributed by atoms with Gasteiger partial charge in [-0.15, -0.1) is 10.2 Å². The van der Waals surface area contributed by atoms with Gasteiger partial charge in [0, 0.05) is 38.8 Å². The number of nitrogens with zero attached hydrogens (tertiary/aromatic N) is 5. The number of rotatable bonds is 5. The molecule has 0 saturated heterocycles. The zero-order chi connectivity index (χ0) is 17.1. The number of aromatic nitrogens is 5. The highest BCUT2D eigenvalue weighted by molar-refractivity contribution is 5.94. The smallest absolute Gasteiger partial charge is 0.254 e. The van der Waals surface area contributed by atoms with Crippen LogP contribution in [-0.2, 0) is 20.5 Å². The molecule has 3 aromatic rings. The van der Waals surface area contributed by atoms with Crippen molar-refractivity contribution in [1.82, 2.24) is 29.9 Å². The van der Waals surface area contributed by atoms with Gasteiger partial charge in [0.15, 0.2) is 5.82 Å². The van der Waals surface area contributed by atoms with E-state index < -0.39 is 0 Å². The Morgan fingerprint density at radius 3 is 2.58 bits per heavy atom. The van der Waals surface area contributed by atoms with Crippen molar-refractivity contribution in [2.75, 3.05) is 6.54 Å². The van der Waals surface area contributed by atoms with Crippen molar-refractivity contribution in [3.05, 3.63) is 53.6 Å². The summed E-state index contributed by atoms with van der Waals surface area (Å²) in [5.74, 6) is 1.53. The molecule has 0 saturated carbocycles. The van der Waals surface area contributed by atoms with Crippen molar-refractivity contribution < 1.29 is 4.79 Å². The van der Waals surface area contributed by atoms with Gasteiger partial charge in [0.05, 0.1) is 11.3 Å². The number of hydrogen-bond acceptors (Lipinski definition) is 4. The molecular weight excluding hydrogens is 304 g/mol. The van der Waals surface area contributed by atoms with E-state index in [1.807, 2.05) is 48.9 Å². The third-order valence-electron chi connectivity index (χ3n) is 3.89. The van der Waals surface area contributed by atoms with Crippen LogP contribution in [0.3, 0.4) is 0 Å². The van der Waals surface area contributed by atoms with Crippen LogP contribution < -0.4 is 5.32 Å². The van der Waals surface area contributed by atoms with Crippen LogP contribution in [0.25, 0.3) is 11.4 Å². The van der Waals surface area contributed by atoms with Crippen LogP contribution in [0.2, 0.25) is 0 Å². The molecule has 0 aliphatic heterocycles. The minimum atomic E-state index is -0.119. The Balaban J connectivity index is 1.63. The molecule has 1 amide bonds. The standard InChI is InChI=1S/C17H20N6O/c1-12-14(11-22(2)21-12)17(24)18-10-9-15-19-20-16(23(15)3)13-7-5-4-6-8-13/h4-8,11H,9-10H2,1-3H3,(H,18,24). The second-order valence-corrected chi connectivity index (χ2v) is 5.67. The Kier molecular flexibility index (Phi) is 4.41. The van der Waals surface area contributed by atoms with Crippen LogP contribution in [0.15, 0.2) is 36.5 Å². The molecule has 0 aliphatic carbocycles. The Morgan fingerprint density at radius 1 is 1.17 bits per heavy atom. The molecule has 0 fully saturated rings. The summed E-state index contributed by atoms with van der Waals surface area (Å²) in [6, 6.07) is 9.92. The van der Waals surface area contributed by atoms with Crippen LogP contribution in [0.4, 0.5) is 0 Å². The van der Waals surface area contributed by atoms with E-state index in [1.54, 1.807) is 17.9 Å². The fraction of sp³-hybridized carbons (Fsp3) is 0.294. The molecule has 0 unspecified atom stereocenters. The molecule has 1 aromatic carbocycles. The van der Waals surface area contributed by atoms with Crippen molar-refractivity contribution in [2.24, 2.45) is 14.1 Å². The lowest BCUT2D eigenvalue weighted by Gasteiger charge is -2.05. The normalized spacial score (nSPS) is 10.8. The number of nitrogens with one attached hydrogen (secondary N) is 1. The Bertz CT molecular complexity index is 849. The van der Waals surface area contributed by atoms with Gasteiger partial charge < -0.3 is 9.88 Å². The molecule has 0 spiro atoms. The molecule has 0 bridgehead atoms. The van der Waals surface area contributed by atoms with Crippen LogP contribution in [0, 0.1) is 6.92 Å². The van der Waals surface area contributed by atoms with Crippen LogP contribution >= 0.6 is 0 Å². The van der Waals surface area contributed by atoms with Crippen LogP contribution in [-0.4, -0.2) is 37.0 Å². The molecule has 124 valence electrons. The van der Waals surface area contributed by atoms with Crippen molar-refractivity contribution >= 4 is 5.91 Å². The zero-order valence-electron chi connectivity index (χ0n) is 14.0. The molecule has 0 aliphatic rings. The van der Waals surface area contributed by atoms with E-state index >= 15 is 0 Å². The number of amides is 1. The molecule has 7 heteroatoms. The second kappa shape index (κ2) is 6.66. The van der Waals surface area contributed by atoms with E-state index in [-0.39, 0.29) is 5.91 Å². The lowest BCUT2D eigenvalue weighted by Crippen LogP contribution is -2.26. The van der Waals surface area contributed by atoms with Gasteiger partial charge in [0.25, 0.3) is 5.91 Å². The number of aryl methyl sites for hydroxylation is 2. The summed E-state index contributed by atoms with van der Waals surface area (Å²) in [5.41, 5.74) is 2.34. The molecule has 24 heavy (non-hydrogen) atoms. The first-order chi connectivity index (χ1) is 11.6. The van der Waals surface area contributed by atoms with Gasteiger partial charge in [0.2, 0.25) is 0 Å². The van der Waals surface area contributed by atoms with Gasteiger partial charge >= 0.3 is 0 Å². The van der Waals surface area contributed by atoms with Gasteiger partial charge in [-0.25, -0.2) is 0 Å². The third-order valence-corrected chi connectivity index (χ3v) is 3.89. The summed E-state index contributed by atoms with van der Waals surface area (Å²) in [5, 5.41) is 15.6. The molecule has 2 heterocycles. The predicted octanol–water partition coefficient (Wildman–Crippen LogP) is 1.50. The minimum Gasteiger partial charge on any atom is -0.351 e.